The van der Waals surface area contributed by atoms with Crippen LogP contribution in [-0.2, 0) is 20.7 Å². The van der Waals surface area contributed by atoms with Gasteiger partial charge in [0.2, 0.25) is 5.91 Å². The smallest absolute Gasteiger partial charge is 0.252 e. The molecule has 3 atom stereocenters. The average Bonchev–Trinajstić information content (AvgIpc) is 3.51. The Morgan fingerprint density at radius 3 is 2.26 bits per heavy atom. The Morgan fingerprint density at radius 2 is 1.74 bits per heavy atom. The highest BCUT2D eigenvalue weighted by atomic mass is 16.6. The highest BCUT2D eigenvalue weighted by molar-refractivity contribution is 6.00. The van der Waals surface area contributed by atoms with Crippen molar-refractivity contribution in [3.8, 4) is 0 Å². The van der Waals surface area contributed by atoms with Crippen molar-refractivity contribution in [3.05, 3.63) is 35.4 Å². The van der Waals surface area contributed by atoms with E-state index in [2.05, 4.69) is 24.5 Å². The van der Waals surface area contributed by atoms with Crippen LogP contribution in [0, 0.1) is 11.8 Å². The molecule has 2 rings (SSSR count). The molecule has 0 bridgehead atoms. The van der Waals surface area contributed by atoms with Gasteiger partial charge in [-0.05, 0) is 42.4 Å². The van der Waals surface area contributed by atoms with Crippen LogP contribution in [-0.4, -0.2) is 65.3 Å². The number of rotatable bonds is 12. The van der Waals surface area contributed by atoms with Gasteiger partial charge in [0, 0.05) is 5.56 Å². The zero-order valence-corrected chi connectivity index (χ0v) is 18.7. The van der Waals surface area contributed by atoms with Crippen LogP contribution in [0.2, 0.25) is 0 Å². The van der Waals surface area contributed by atoms with Crippen molar-refractivity contribution in [2.75, 3.05) is 19.8 Å². The van der Waals surface area contributed by atoms with E-state index < -0.39 is 48.5 Å². The van der Waals surface area contributed by atoms with Crippen molar-refractivity contribution < 1.29 is 29.3 Å². The van der Waals surface area contributed by atoms with Gasteiger partial charge >= 0.3 is 0 Å². The molecule has 8 heteroatoms. The van der Waals surface area contributed by atoms with Gasteiger partial charge in [-0.15, -0.1) is 0 Å². The molecule has 0 radical (unpaired) electrons. The van der Waals surface area contributed by atoms with Gasteiger partial charge < -0.3 is 25.6 Å². The minimum Gasteiger partial charge on any atom is -0.394 e. The van der Waals surface area contributed by atoms with Crippen LogP contribution in [0.25, 0.3) is 0 Å². The molecule has 2 amide bonds. The Bertz CT molecular complexity index is 788. The number of carbonyl (C=O) groups is 3. The average molecular weight is 435 g/mol. The Hall–Kier alpha value is -2.29. The van der Waals surface area contributed by atoms with Gasteiger partial charge in [-0.3, -0.25) is 14.4 Å². The first-order chi connectivity index (χ1) is 14.6. The SMILES string of the molecule is CC(C)Cc1cccc(C(=O)N[C@@H](CO)C(=O)N[C@@H](CC(C)C)C(=O)[C@@]2(CO)CO2)c1. The van der Waals surface area contributed by atoms with Crippen LogP contribution in [0.1, 0.15) is 50.0 Å². The summed E-state index contributed by atoms with van der Waals surface area (Å²) >= 11 is 0. The molecule has 0 unspecified atom stereocenters. The van der Waals surface area contributed by atoms with Crippen LogP contribution in [0.15, 0.2) is 24.3 Å². The molecule has 1 aromatic rings. The van der Waals surface area contributed by atoms with E-state index in [1.807, 2.05) is 19.9 Å². The number of aliphatic hydroxyl groups is 2. The number of ether oxygens (including phenoxy) is 1. The third-order valence-electron chi connectivity index (χ3n) is 5.17. The van der Waals surface area contributed by atoms with E-state index in [9.17, 15) is 24.6 Å². The Labute approximate surface area is 183 Å². The normalized spacial score (nSPS) is 19.7. The number of nitrogens with one attached hydrogen (secondary N) is 2. The molecule has 172 valence electrons. The lowest BCUT2D eigenvalue weighted by atomic mass is 9.92. The Kier molecular flexibility index (Phi) is 8.73. The molecule has 1 aromatic carbocycles. The van der Waals surface area contributed by atoms with Crippen LogP contribution in [0.4, 0.5) is 0 Å². The summed E-state index contributed by atoms with van der Waals surface area (Å²) < 4.78 is 5.13. The zero-order valence-electron chi connectivity index (χ0n) is 18.7. The van der Waals surface area contributed by atoms with Crippen LogP contribution in [0.3, 0.4) is 0 Å². The highest BCUT2D eigenvalue weighted by Crippen LogP contribution is 2.30. The Balaban J connectivity index is 2.07. The molecular formula is C23H34N2O6. The molecular weight excluding hydrogens is 400 g/mol. The lowest BCUT2D eigenvalue weighted by Gasteiger charge is -2.24. The van der Waals surface area contributed by atoms with Gasteiger partial charge in [0.15, 0.2) is 11.4 Å². The number of amides is 2. The first-order valence-corrected chi connectivity index (χ1v) is 10.7. The van der Waals surface area contributed by atoms with Crippen molar-refractivity contribution >= 4 is 17.6 Å². The van der Waals surface area contributed by atoms with Crippen molar-refractivity contribution in [2.45, 2.75) is 58.2 Å². The van der Waals surface area contributed by atoms with Crippen molar-refractivity contribution in [2.24, 2.45) is 11.8 Å². The highest BCUT2D eigenvalue weighted by Gasteiger charge is 2.54. The molecule has 0 aromatic heterocycles. The van der Waals surface area contributed by atoms with Gasteiger partial charge in [-0.1, -0.05) is 39.8 Å². The number of ketones is 1. The first kappa shape index (κ1) is 25.0. The predicted molar refractivity (Wildman–Crippen MR) is 115 cm³/mol. The number of epoxide rings is 1. The predicted octanol–water partition coefficient (Wildman–Crippen LogP) is 0.837. The molecule has 1 fully saturated rings. The summed E-state index contributed by atoms with van der Waals surface area (Å²) in [5, 5.41) is 24.3. The molecule has 1 saturated heterocycles. The fraction of sp³-hybridized carbons (Fsp3) is 0.609. The van der Waals surface area contributed by atoms with Gasteiger partial charge in [0.25, 0.3) is 5.91 Å². The van der Waals surface area contributed by atoms with Crippen molar-refractivity contribution in [3.63, 3.8) is 0 Å². The van der Waals surface area contributed by atoms with Crippen LogP contribution in [0.5, 0.6) is 0 Å². The maximum atomic E-state index is 12.8. The van der Waals surface area contributed by atoms with Gasteiger partial charge in [0.05, 0.1) is 25.9 Å². The van der Waals surface area contributed by atoms with Gasteiger partial charge in [-0.25, -0.2) is 0 Å². The second kappa shape index (κ2) is 10.8. The molecule has 4 N–H and O–H groups in total. The molecule has 1 heterocycles. The zero-order chi connectivity index (χ0) is 23.2. The summed E-state index contributed by atoms with van der Waals surface area (Å²) in [7, 11) is 0. The first-order valence-electron chi connectivity index (χ1n) is 10.7. The van der Waals surface area contributed by atoms with E-state index in [1.165, 1.54) is 0 Å². The molecule has 0 aliphatic carbocycles. The van der Waals surface area contributed by atoms with Gasteiger partial charge in [0.1, 0.15) is 6.04 Å². The summed E-state index contributed by atoms with van der Waals surface area (Å²) in [4.78, 5) is 38.2. The summed E-state index contributed by atoms with van der Waals surface area (Å²) in [6.45, 7) is 7.02. The molecule has 1 aliphatic rings. The van der Waals surface area contributed by atoms with Crippen molar-refractivity contribution in [1.29, 1.82) is 0 Å². The lowest BCUT2D eigenvalue weighted by molar-refractivity contribution is -0.133. The monoisotopic (exact) mass is 434 g/mol. The van der Waals surface area contributed by atoms with E-state index in [-0.39, 0.29) is 12.5 Å². The molecule has 0 saturated carbocycles. The minimum absolute atomic E-state index is 0.0922. The fourth-order valence-corrected chi connectivity index (χ4v) is 3.44. The standard InChI is InChI=1S/C23H34N2O6/c1-14(2)8-16-6-5-7-17(10-16)21(29)25-19(11-26)22(30)24-18(9-15(3)4)20(28)23(12-27)13-31-23/h5-7,10,14-15,18-19,26-27H,8-9,11-13H2,1-4H3,(H,24,30)(H,25,29)/t18-,19-,23+/m0/s1. The van der Waals surface area contributed by atoms with Gasteiger partial charge in [-0.2, -0.15) is 0 Å². The molecule has 31 heavy (non-hydrogen) atoms. The third kappa shape index (κ3) is 6.85. The number of benzene rings is 1. The summed E-state index contributed by atoms with van der Waals surface area (Å²) in [6.07, 6.45) is 1.16. The van der Waals surface area contributed by atoms with E-state index in [0.29, 0.717) is 17.9 Å². The second-order valence-electron chi connectivity index (χ2n) is 9.00. The minimum atomic E-state index is -1.26. The third-order valence-corrected chi connectivity index (χ3v) is 5.17. The largest absolute Gasteiger partial charge is 0.394 e. The molecule has 8 nitrogen and oxygen atoms in total. The molecule has 1 aliphatic heterocycles. The number of carbonyl (C=O) groups excluding carboxylic acids is 3. The van der Waals surface area contributed by atoms with E-state index in [4.69, 9.17) is 4.74 Å². The number of aliphatic hydroxyl groups excluding tert-OH is 2. The number of Topliss-reactive ketones (excluding diaryl/α,β-unsaturated/α-hetero) is 1. The van der Waals surface area contributed by atoms with E-state index in [0.717, 1.165) is 12.0 Å². The summed E-state index contributed by atoms with van der Waals surface area (Å²) in [5.74, 6) is -1.02. The van der Waals surface area contributed by atoms with Crippen LogP contribution < -0.4 is 10.6 Å². The molecule has 0 spiro atoms. The quantitative estimate of drug-likeness (QED) is 0.361. The van der Waals surface area contributed by atoms with Crippen molar-refractivity contribution in [1.82, 2.24) is 10.6 Å². The maximum absolute atomic E-state index is 12.8. The van der Waals surface area contributed by atoms with Crippen LogP contribution >= 0.6 is 0 Å². The fourth-order valence-electron chi connectivity index (χ4n) is 3.44. The Morgan fingerprint density at radius 1 is 1.06 bits per heavy atom. The lowest BCUT2D eigenvalue weighted by Crippen LogP contribution is -2.55. The van der Waals surface area contributed by atoms with E-state index >= 15 is 0 Å². The summed E-state index contributed by atoms with van der Waals surface area (Å²) in [6, 6.07) is 5.03. The number of hydrogen-bond acceptors (Lipinski definition) is 6. The second-order valence-corrected chi connectivity index (χ2v) is 9.00. The van der Waals surface area contributed by atoms with E-state index in [1.54, 1.807) is 18.2 Å². The topological polar surface area (TPSA) is 128 Å². The number of hydrogen-bond donors (Lipinski definition) is 4. The maximum Gasteiger partial charge on any atom is 0.252 e. The summed E-state index contributed by atoms with van der Waals surface area (Å²) in [5.41, 5.74) is 0.139.